The minimum absolute atomic E-state index is 0.144. The van der Waals surface area contributed by atoms with Crippen molar-refractivity contribution in [1.82, 2.24) is 15.1 Å². The van der Waals surface area contributed by atoms with Gasteiger partial charge in [-0.2, -0.15) is 5.10 Å². The number of Topliss-reactive ketones (excluding diaryl/α,β-unsaturated/α-hetero) is 1. The molecule has 1 aliphatic rings. The van der Waals surface area contributed by atoms with Crippen LogP contribution in [0.5, 0.6) is 0 Å². The zero-order valence-corrected chi connectivity index (χ0v) is 9.45. The molecule has 0 bridgehead atoms. The quantitative estimate of drug-likeness (QED) is 0.791. The molecule has 1 fully saturated rings. The molecular weight excluding hydrogens is 190 g/mol. The molecule has 0 amide bonds. The molecule has 1 atom stereocenters. The van der Waals surface area contributed by atoms with Crippen LogP contribution in [0.2, 0.25) is 0 Å². The van der Waals surface area contributed by atoms with E-state index < -0.39 is 0 Å². The number of hydrogen-bond acceptors (Lipinski definition) is 3. The Bertz CT molecular complexity index is 381. The normalized spacial score (nSPS) is 21.6. The van der Waals surface area contributed by atoms with Crippen molar-refractivity contribution in [1.29, 1.82) is 0 Å². The molecule has 0 aliphatic carbocycles. The molecular formula is C11H17N3O. The lowest BCUT2D eigenvalue weighted by atomic mass is 10.1. The predicted molar refractivity (Wildman–Crippen MR) is 57.7 cm³/mol. The second kappa shape index (κ2) is 3.77. The topological polar surface area (TPSA) is 46.9 Å². The maximum atomic E-state index is 11.6. The van der Waals surface area contributed by atoms with Gasteiger partial charge in [-0.1, -0.05) is 13.8 Å². The summed E-state index contributed by atoms with van der Waals surface area (Å²) in [7, 11) is 1.90. The Morgan fingerprint density at radius 1 is 1.60 bits per heavy atom. The summed E-state index contributed by atoms with van der Waals surface area (Å²) in [5.41, 5.74) is 2.04. The molecule has 0 radical (unpaired) electrons. The van der Waals surface area contributed by atoms with E-state index >= 15 is 0 Å². The number of hydrogen-bond donors (Lipinski definition) is 1. The second-order valence-electron chi connectivity index (χ2n) is 4.38. The summed E-state index contributed by atoms with van der Waals surface area (Å²) >= 11 is 0. The van der Waals surface area contributed by atoms with Gasteiger partial charge in [0.25, 0.3) is 0 Å². The number of aromatic nitrogens is 2. The van der Waals surface area contributed by atoms with Crippen molar-refractivity contribution in [3.05, 3.63) is 17.5 Å². The number of ketones is 1. The first-order chi connectivity index (χ1) is 7.09. The lowest BCUT2D eigenvalue weighted by Gasteiger charge is -2.08. The number of nitrogens with zero attached hydrogens (tertiary/aromatic N) is 2. The van der Waals surface area contributed by atoms with Gasteiger partial charge in [0.2, 0.25) is 0 Å². The van der Waals surface area contributed by atoms with E-state index in [1.165, 1.54) is 0 Å². The van der Waals surface area contributed by atoms with Crippen LogP contribution in [0, 0.1) is 0 Å². The highest BCUT2D eigenvalue weighted by Crippen LogP contribution is 2.22. The Morgan fingerprint density at radius 2 is 2.33 bits per heavy atom. The SMILES string of the molecule is CC(C)c1cc(C2NCCC2=O)n(C)n1. The lowest BCUT2D eigenvalue weighted by molar-refractivity contribution is -0.118. The largest absolute Gasteiger partial charge is 0.302 e. The average molecular weight is 207 g/mol. The number of nitrogens with one attached hydrogen (secondary N) is 1. The van der Waals surface area contributed by atoms with Gasteiger partial charge in [0, 0.05) is 20.0 Å². The van der Waals surface area contributed by atoms with Crippen LogP contribution in [0.3, 0.4) is 0 Å². The monoisotopic (exact) mass is 207 g/mol. The van der Waals surface area contributed by atoms with E-state index in [9.17, 15) is 4.79 Å². The molecule has 1 aromatic rings. The molecule has 1 unspecified atom stereocenters. The van der Waals surface area contributed by atoms with Crippen LogP contribution in [0.15, 0.2) is 6.07 Å². The maximum absolute atomic E-state index is 11.6. The Kier molecular flexibility index (Phi) is 2.61. The third-order valence-corrected chi connectivity index (χ3v) is 2.86. The third kappa shape index (κ3) is 1.81. The highest BCUT2D eigenvalue weighted by molar-refractivity contribution is 5.87. The van der Waals surface area contributed by atoms with Crippen LogP contribution in [0.25, 0.3) is 0 Å². The summed E-state index contributed by atoms with van der Waals surface area (Å²) in [6, 6.07) is 1.89. The molecule has 2 heterocycles. The number of aryl methyl sites for hydroxylation is 1. The number of carbonyl (C=O) groups excluding carboxylic acids is 1. The summed E-state index contributed by atoms with van der Waals surface area (Å²) in [6.45, 7) is 5.00. The van der Waals surface area contributed by atoms with Crippen molar-refractivity contribution in [3.63, 3.8) is 0 Å². The molecule has 1 aromatic heterocycles. The van der Waals surface area contributed by atoms with E-state index in [0.29, 0.717) is 12.3 Å². The molecule has 0 spiro atoms. The number of rotatable bonds is 2. The predicted octanol–water partition coefficient (Wildman–Crippen LogP) is 1.15. The van der Waals surface area contributed by atoms with Crippen molar-refractivity contribution >= 4 is 5.78 Å². The highest BCUT2D eigenvalue weighted by Gasteiger charge is 2.28. The molecule has 1 N–H and O–H groups in total. The minimum atomic E-state index is -0.144. The van der Waals surface area contributed by atoms with Crippen LogP contribution in [0.1, 0.15) is 43.6 Å². The van der Waals surface area contributed by atoms with Gasteiger partial charge in [0.1, 0.15) is 6.04 Å². The molecule has 1 saturated heterocycles. The van der Waals surface area contributed by atoms with Crippen LogP contribution in [-0.2, 0) is 11.8 Å². The van der Waals surface area contributed by atoms with Gasteiger partial charge >= 0.3 is 0 Å². The first-order valence-corrected chi connectivity index (χ1v) is 5.39. The zero-order valence-electron chi connectivity index (χ0n) is 9.45. The van der Waals surface area contributed by atoms with Crippen molar-refractivity contribution in [2.75, 3.05) is 6.54 Å². The van der Waals surface area contributed by atoms with E-state index in [-0.39, 0.29) is 11.8 Å². The summed E-state index contributed by atoms with van der Waals surface area (Å²) in [5, 5.41) is 7.62. The van der Waals surface area contributed by atoms with E-state index in [0.717, 1.165) is 17.9 Å². The molecule has 4 nitrogen and oxygen atoms in total. The fourth-order valence-corrected chi connectivity index (χ4v) is 1.92. The second-order valence-corrected chi connectivity index (χ2v) is 4.38. The molecule has 2 rings (SSSR count). The smallest absolute Gasteiger partial charge is 0.157 e. The zero-order chi connectivity index (χ0) is 11.0. The fraction of sp³-hybridized carbons (Fsp3) is 0.636. The first kappa shape index (κ1) is 10.4. The molecule has 4 heteroatoms. The van der Waals surface area contributed by atoms with Crippen molar-refractivity contribution in [2.24, 2.45) is 7.05 Å². The molecule has 0 aromatic carbocycles. The van der Waals surface area contributed by atoms with Crippen molar-refractivity contribution in [2.45, 2.75) is 32.2 Å². The summed E-state index contributed by atoms with van der Waals surface area (Å²) in [5.74, 6) is 0.676. The lowest BCUT2D eigenvalue weighted by Crippen LogP contribution is -2.20. The third-order valence-electron chi connectivity index (χ3n) is 2.86. The van der Waals surface area contributed by atoms with Gasteiger partial charge in [0.15, 0.2) is 5.78 Å². The maximum Gasteiger partial charge on any atom is 0.157 e. The van der Waals surface area contributed by atoms with Crippen LogP contribution >= 0.6 is 0 Å². The van der Waals surface area contributed by atoms with Crippen LogP contribution in [0.4, 0.5) is 0 Å². The van der Waals surface area contributed by atoms with Gasteiger partial charge in [-0.05, 0) is 12.0 Å². The minimum Gasteiger partial charge on any atom is -0.302 e. The summed E-state index contributed by atoms with van der Waals surface area (Å²) in [6.07, 6.45) is 0.632. The Morgan fingerprint density at radius 3 is 2.80 bits per heavy atom. The molecule has 1 aliphatic heterocycles. The average Bonchev–Trinajstić information content (AvgIpc) is 2.71. The van der Waals surface area contributed by atoms with Gasteiger partial charge in [0.05, 0.1) is 11.4 Å². The summed E-state index contributed by atoms with van der Waals surface area (Å²) in [4.78, 5) is 11.6. The Labute approximate surface area is 89.7 Å². The van der Waals surface area contributed by atoms with Gasteiger partial charge in [-0.25, -0.2) is 0 Å². The van der Waals surface area contributed by atoms with Gasteiger partial charge in [-0.15, -0.1) is 0 Å². The molecule has 82 valence electrons. The Balaban J connectivity index is 2.31. The van der Waals surface area contributed by atoms with Gasteiger partial charge in [-0.3, -0.25) is 9.48 Å². The molecule has 0 saturated carbocycles. The highest BCUT2D eigenvalue weighted by atomic mass is 16.1. The number of carbonyl (C=O) groups is 1. The van der Waals surface area contributed by atoms with Crippen molar-refractivity contribution < 1.29 is 4.79 Å². The van der Waals surface area contributed by atoms with Crippen molar-refractivity contribution in [3.8, 4) is 0 Å². The first-order valence-electron chi connectivity index (χ1n) is 5.39. The van der Waals surface area contributed by atoms with E-state index in [2.05, 4.69) is 24.3 Å². The summed E-state index contributed by atoms with van der Waals surface area (Å²) < 4.78 is 1.82. The van der Waals surface area contributed by atoms with E-state index in [1.807, 2.05) is 17.8 Å². The van der Waals surface area contributed by atoms with Crippen LogP contribution < -0.4 is 5.32 Å². The fourth-order valence-electron chi connectivity index (χ4n) is 1.92. The van der Waals surface area contributed by atoms with E-state index in [1.54, 1.807) is 0 Å². The Hall–Kier alpha value is -1.16. The van der Waals surface area contributed by atoms with E-state index in [4.69, 9.17) is 0 Å². The molecule has 15 heavy (non-hydrogen) atoms. The van der Waals surface area contributed by atoms with Gasteiger partial charge < -0.3 is 5.32 Å². The van der Waals surface area contributed by atoms with Crippen LogP contribution in [-0.4, -0.2) is 22.1 Å². The standard InChI is InChI=1S/C11H17N3O/c1-7(2)8-6-9(14(3)13-8)11-10(15)4-5-12-11/h6-7,11-12H,4-5H2,1-3H3.